The van der Waals surface area contributed by atoms with Gasteiger partial charge in [-0.2, -0.15) is 14.6 Å². The smallest absolute Gasteiger partial charge is 0.227 e. The predicted octanol–water partition coefficient (Wildman–Crippen LogP) is 3.33. The lowest BCUT2D eigenvalue weighted by atomic mass is 10.1. The van der Waals surface area contributed by atoms with Gasteiger partial charge < -0.3 is 10.1 Å². The van der Waals surface area contributed by atoms with E-state index in [4.69, 9.17) is 4.74 Å². The molecule has 0 aliphatic heterocycles. The van der Waals surface area contributed by atoms with Gasteiger partial charge in [-0.1, -0.05) is 6.92 Å². The van der Waals surface area contributed by atoms with Crippen LogP contribution in [0.5, 0.6) is 5.88 Å². The Bertz CT molecular complexity index is 918. The number of rotatable bonds is 5. The van der Waals surface area contributed by atoms with Crippen LogP contribution in [0, 0.1) is 20.8 Å². The molecule has 25 heavy (non-hydrogen) atoms. The highest BCUT2D eigenvalue weighted by Crippen LogP contribution is 2.31. The Hall–Kier alpha value is -2.70. The number of hydrogen-bond donors (Lipinski definition) is 1. The van der Waals surface area contributed by atoms with Crippen LogP contribution in [0.4, 0.5) is 5.95 Å². The van der Waals surface area contributed by atoms with E-state index in [1.807, 2.05) is 32.9 Å². The van der Waals surface area contributed by atoms with Crippen molar-refractivity contribution in [2.24, 2.45) is 0 Å². The summed E-state index contributed by atoms with van der Waals surface area (Å²) in [4.78, 5) is 13.7. The van der Waals surface area contributed by atoms with Gasteiger partial charge in [-0.25, -0.2) is 9.97 Å². The van der Waals surface area contributed by atoms with Crippen molar-refractivity contribution in [2.45, 2.75) is 47.1 Å². The molecule has 0 aliphatic carbocycles. The first kappa shape index (κ1) is 17.1. The molecule has 1 atom stereocenters. The first-order chi connectivity index (χ1) is 11.9. The summed E-state index contributed by atoms with van der Waals surface area (Å²) in [5, 5.41) is 8.09. The van der Waals surface area contributed by atoms with Crippen LogP contribution in [-0.2, 0) is 0 Å². The maximum atomic E-state index is 5.21. The minimum atomic E-state index is 0.301. The summed E-state index contributed by atoms with van der Waals surface area (Å²) in [6, 6.07) is 4.16. The third-order valence-electron chi connectivity index (χ3n) is 4.30. The Morgan fingerprint density at radius 2 is 1.88 bits per heavy atom. The zero-order valence-corrected chi connectivity index (χ0v) is 15.6. The normalized spacial score (nSPS) is 12.4. The number of hydrogen-bond acceptors (Lipinski definition) is 6. The van der Waals surface area contributed by atoms with Gasteiger partial charge in [-0.3, -0.25) is 0 Å². The summed E-state index contributed by atoms with van der Waals surface area (Å²) >= 11 is 0. The molecule has 3 aromatic rings. The average Bonchev–Trinajstić information content (AvgIpc) is 2.90. The largest absolute Gasteiger partial charge is 0.481 e. The maximum Gasteiger partial charge on any atom is 0.227 e. The quantitative estimate of drug-likeness (QED) is 0.767. The van der Waals surface area contributed by atoms with Crippen LogP contribution < -0.4 is 10.1 Å². The van der Waals surface area contributed by atoms with Crippen LogP contribution in [0.2, 0.25) is 0 Å². The standard InChI is InChI=1S/C18H24N6O/c1-7-10(2)19-18-22-13(5)21-17-16(12(4)23-24(17)18)14-8-9-15(25-6)20-11(14)3/h8-10H,7H2,1-6H3,(H,19,21,22). The van der Waals surface area contributed by atoms with E-state index < -0.39 is 0 Å². The van der Waals surface area contributed by atoms with Gasteiger partial charge in [0.25, 0.3) is 0 Å². The molecule has 1 N–H and O–H groups in total. The van der Waals surface area contributed by atoms with Crippen LogP contribution in [0.3, 0.4) is 0 Å². The van der Waals surface area contributed by atoms with Gasteiger partial charge in [0.15, 0.2) is 5.65 Å². The third-order valence-corrected chi connectivity index (χ3v) is 4.30. The Morgan fingerprint density at radius 1 is 1.12 bits per heavy atom. The molecule has 0 aromatic carbocycles. The molecule has 0 aliphatic rings. The third kappa shape index (κ3) is 3.14. The van der Waals surface area contributed by atoms with Crippen molar-refractivity contribution < 1.29 is 4.74 Å². The SMILES string of the molecule is CCC(C)Nc1nc(C)nc2c(-c3ccc(OC)nc3C)c(C)nn12. The molecule has 0 bridgehead atoms. The van der Waals surface area contributed by atoms with Crippen molar-refractivity contribution in [3.05, 3.63) is 29.3 Å². The fraction of sp³-hybridized carbons (Fsp3) is 0.444. The van der Waals surface area contributed by atoms with Crippen LogP contribution in [0.25, 0.3) is 16.8 Å². The molecule has 7 nitrogen and oxygen atoms in total. The van der Waals surface area contributed by atoms with Gasteiger partial charge in [0, 0.05) is 23.4 Å². The highest BCUT2D eigenvalue weighted by molar-refractivity contribution is 5.81. The van der Waals surface area contributed by atoms with Crippen molar-refractivity contribution in [1.82, 2.24) is 24.6 Å². The van der Waals surface area contributed by atoms with E-state index >= 15 is 0 Å². The first-order valence-corrected chi connectivity index (χ1v) is 8.47. The number of pyridine rings is 1. The number of nitrogens with one attached hydrogen (secondary N) is 1. The Balaban J connectivity index is 2.21. The van der Waals surface area contributed by atoms with Gasteiger partial charge in [-0.15, -0.1) is 0 Å². The molecular weight excluding hydrogens is 316 g/mol. The average molecular weight is 340 g/mol. The van der Waals surface area contributed by atoms with E-state index in [-0.39, 0.29) is 0 Å². The topological polar surface area (TPSA) is 77.2 Å². The number of anilines is 1. The molecule has 3 rings (SSSR count). The minimum absolute atomic E-state index is 0.301. The number of fused-ring (bicyclic) bond motifs is 1. The van der Waals surface area contributed by atoms with E-state index in [0.29, 0.717) is 23.7 Å². The van der Waals surface area contributed by atoms with Crippen molar-refractivity contribution in [3.63, 3.8) is 0 Å². The molecule has 0 radical (unpaired) electrons. The molecule has 0 saturated heterocycles. The number of aryl methyl sites for hydroxylation is 3. The number of ether oxygens (including phenoxy) is 1. The van der Waals surface area contributed by atoms with Gasteiger partial charge in [0.05, 0.1) is 18.4 Å². The summed E-state index contributed by atoms with van der Waals surface area (Å²) < 4.78 is 7.00. The summed E-state index contributed by atoms with van der Waals surface area (Å²) in [5.41, 5.74) is 4.53. The van der Waals surface area contributed by atoms with Crippen molar-refractivity contribution in [3.8, 4) is 17.0 Å². The maximum absolute atomic E-state index is 5.21. The lowest BCUT2D eigenvalue weighted by Crippen LogP contribution is -2.18. The minimum Gasteiger partial charge on any atom is -0.481 e. The van der Waals surface area contributed by atoms with Gasteiger partial charge in [-0.05, 0) is 40.2 Å². The van der Waals surface area contributed by atoms with Crippen LogP contribution in [0.1, 0.15) is 37.5 Å². The molecule has 3 heterocycles. The van der Waals surface area contributed by atoms with Gasteiger partial charge in [0.1, 0.15) is 5.82 Å². The Morgan fingerprint density at radius 3 is 2.52 bits per heavy atom. The lowest BCUT2D eigenvalue weighted by Gasteiger charge is -2.13. The van der Waals surface area contributed by atoms with Crippen LogP contribution in [-0.4, -0.2) is 37.7 Å². The molecule has 1 unspecified atom stereocenters. The molecule has 0 amide bonds. The van der Waals surface area contributed by atoms with Crippen molar-refractivity contribution in [1.29, 1.82) is 0 Å². The molecule has 7 heteroatoms. The van der Waals surface area contributed by atoms with Crippen molar-refractivity contribution in [2.75, 3.05) is 12.4 Å². The zero-order valence-electron chi connectivity index (χ0n) is 15.6. The van der Waals surface area contributed by atoms with Crippen LogP contribution in [0.15, 0.2) is 12.1 Å². The lowest BCUT2D eigenvalue weighted by molar-refractivity contribution is 0.397. The molecular formula is C18H24N6O. The highest BCUT2D eigenvalue weighted by atomic mass is 16.5. The van der Waals surface area contributed by atoms with E-state index in [0.717, 1.165) is 34.6 Å². The summed E-state index contributed by atoms with van der Waals surface area (Å²) in [7, 11) is 1.62. The Labute approximate surface area is 147 Å². The number of aromatic nitrogens is 5. The molecule has 3 aromatic heterocycles. The Kier molecular flexibility index (Phi) is 4.57. The van der Waals surface area contributed by atoms with E-state index in [1.54, 1.807) is 11.6 Å². The molecule has 0 saturated carbocycles. The van der Waals surface area contributed by atoms with E-state index in [9.17, 15) is 0 Å². The molecule has 0 spiro atoms. The summed E-state index contributed by atoms with van der Waals surface area (Å²) in [6.07, 6.45) is 0.999. The first-order valence-electron chi connectivity index (χ1n) is 8.47. The van der Waals surface area contributed by atoms with Gasteiger partial charge >= 0.3 is 0 Å². The predicted molar refractivity (Wildman–Crippen MR) is 98.2 cm³/mol. The molecule has 0 fully saturated rings. The highest BCUT2D eigenvalue weighted by Gasteiger charge is 2.19. The zero-order chi connectivity index (χ0) is 18.1. The second-order valence-electron chi connectivity index (χ2n) is 6.23. The summed E-state index contributed by atoms with van der Waals surface area (Å²) in [5.74, 6) is 2.02. The van der Waals surface area contributed by atoms with Gasteiger partial charge in [0.2, 0.25) is 11.8 Å². The fourth-order valence-electron chi connectivity index (χ4n) is 2.79. The monoisotopic (exact) mass is 340 g/mol. The van der Waals surface area contributed by atoms with E-state index in [2.05, 4.69) is 39.2 Å². The number of methoxy groups -OCH3 is 1. The van der Waals surface area contributed by atoms with Crippen LogP contribution >= 0.6 is 0 Å². The fourth-order valence-corrected chi connectivity index (χ4v) is 2.79. The number of nitrogens with zero attached hydrogens (tertiary/aromatic N) is 5. The summed E-state index contributed by atoms with van der Waals surface area (Å²) in [6.45, 7) is 10.1. The van der Waals surface area contributed by atoms with E-state index in [1.165, 1.54) is 0 Å². The second-order valence-corrected chi connectivity index (χ2v) is 6.23. The molecule has 132 valence electrons. The second kappa shape index (κ2) is 6.66. The van der Waals surface area contributed by atoms with Crippen molar-refractivity contribution >= 4 is 11.6 Å².